The molecular weight excluding hydrogens is 212 g/mol. The Morgan fingerprint density at radius 3 is 2.88 bits per heavy atom. The van der Waals surface area contributed by atoms with Crippen LogP contribution in [0.4, 0.5) is 0 Å². The smallest absolute Gasteiger partial charge is 0.0946 e. The first-order valence-corrected chi connectivity index (χ1v) is 6.48. The maximum atomic E-state index is 4.11. The van der Waals surface area contributed by atoms with Gasteiger partial charge in [-0.15, -0.1) is 0 Å². The molecule has 1 aromatic heterocycles. The monoisotopic (exact) mass is 236 g/mol. The third-order valence-corrected chi connectivity index (χ3v) is 3.50. The largest absolute Gasteiger partial charge is 0.336 e. The lowest BCUT2D eigenvalue weighted by molar-refractivity contribution is 0.225. The molecule has 0 saturated carbocycles. The van der Waals surface area contributed by atoms with Gasteiger partial charge in [-0.1, -0.05) is 20.8 Å². The average molecular weight is 236 g/mol. The molecule has 2 unspecified atom stereocenters. The van der Waals surface area contributed by atoms with Gasteiger partial charge in [-0.05, 0) is 18.4 Å². The zero-order valence-corrected chi connectivity index (χ0v) is 11.1. The van der Waals surface area contributed by atoms with E-state index in [0.717, 1.165) is 19.6 Å². The summed E-state index contributed by atoms with van der Waals surface area (Å²) in [4.78, 5) is 4.11. The zero-order chi connectivity index (χ0) is 12.3. The predicted molar refractivity (Wildman–Crippen MR) is 69.9 cm³/mol. The fraction of sp³-hybridized carbons (Fsp3) is 0.769. The van der Waals surface area contributed by atoms with Crippen LogP contribution in [0.5, 0.6) is 0 Å². The highest BCUT2D eigenvalue weighted by atomic mass is 15.1. The van der Waals surface area contributed by atoms with Gasteiger partial charge in [-0.3, -0.25) is 0 Å². The SMILES string of the molecule is CC(C)(C)C(Cn1ccnc1)NC1CCNC1. The lowest BCUT2D eigenvalue weighted by atomic mass is 9.86. The molecular formula is C13H24N4. The summed E-state index contributed by atoms with van der Waals surface area (Å²) in [6.07, 6.45) is 7.01. The Hall–Kier alpha value is -0.870. The van der Waals surface area contributed by atoms with Crippen molar-refractivity contribution in [1.29, 1.82) is 0 Å². The molecule has 0 aliphatic carbocycles. The van der Waals surface area contributed by atoms with E-state index in [4.69, 9.17) is 0 Å². The molecule has 2 heterocycles. The summed E-state index contributed by atoms with van der Waals surface area (Å²) in [6.45, 7) is 10.1. The minimum atomic E-state index is 0.257. The summed E-state index contributed by atoms with van der Waals surface area (Å²) >= 11 is 0. The Balaban J connectivity index is 1.97. The molecule has 0 spiro atoms. The molecule has 96 valence electrons. The minimum absolute atomic E-state index is 0.257. The fourth-order valence-electron chi connectivity index (χ4n) is 2.26. The number of imidazole rings is 1. The zero-order valence-electron chi connectivity index (χ0n) is 11.1. The first kappa shape index (κ1) is 12.6. The quantitative estimate of drug-likeness (QED) is 0.827. The first-order chi connectivity index (χ1) is 8.05. The molecule has 4 heteroatoms. The van der Waals surface area contributed by atoms with Crippen LogP contribution in [0.1, 0.15) is 27.2 Å². The highest BCUT2D eigenvalue weighted by Gasteiger charge is 2.28. The second-order valence-corrected chi connectivity index (χ2v) is 6.03. The number of rotatable bonds is 4. The van der Waals surface area contributed by atoms with Gasteiger partial charge in [0, 0.05) is 37.6 Å². The van der Waals surface area contributed by atoms with Crippen molar-refractivity contribution in [3.63, 3.8) is 0 Å². The Morgan fingerprint density at radius 1 is 1.53 bits per heavy atom. The molecule has 1 fully saturated rings. The van der Waals surface area contributed by atoms with Gasteiger partial charge in [0.15, 0.2) is 0 Å². The summed E-state index contributed by atoms with van der Waals surface area (Å²) in [7, 11) is 0. The van der Waals surface area contributed by atoms with Crippen LogP contribution in [0.25, 0.3) is 0 Å². The van der Waals surface area contributed by atoms with E-state index < -0.39 is 0 Å². The molecule has 0 bridgehead atoms. The summed E-state index contributed by atoms with van der Waals surface area (Å²) in [5.41, 5.74) is 0.257. The molecule has 17 heavy (non-hydrogen) atoms. The Kier molecular flexibility index (Phi) is 3.84. The number of hydrogen-bond acceptors (Lipinski definition) is 3. The second-order valence-electron chi connectivity index (χ2n) is 6.03. The van der Waals surface area contributed by atoms with Gasteiger partial charge >= 0.3 is 0 Å². The molecule has 0 aromatic carbocycles. The van der Waals surface area contributed by atoms with E-state index in [2.05, 4.69) is 41.0 Å². The van der Waals surface area contributed by atoms with Crippen LogP contribution in [0.15, 0.2) is 18.7 Å². The highest BCUT2D eigenvalue weighted by molar-refractivity contribution is 4.89. The van der Waals surface area contributed by atoms with E-state index in [1.54, 1.807) is 0 Å². The Morgan fingerprint density at radius 2 is 2.35 bits per heavy atom. The first-order valence-electron chi connectivity index (χ1n) is 6.48. The van der Waals surface area contributed by atoms with E-state index in [1.165, 1.54) is 6.42 Å². The molecule has 2 rings (SSSR count). The van der Waals surface area contributed by atoms with Crippen LogP contribution < -0.4 is 10.6 Å². The van der Waals surface area contributed by atoms with Crippen molar-refractivity contribution >= 4 is 0 Å². The van der Waals surface area contributed by atoms with Crippen molar-refractivity contribution in [2.24, 2.45) is 5.41 Å². The molecule has 0 radical (unpaired) electrons. The molecule has 2 N–H and O–H groups in total. The van der Waals surface area contributed by atoms with Gasteiger partial charge in [-0.2, -0.15) is 0 Å². The van der Waals surface area contributed by atoms with Crippen molar-refractivity contribution in [1.82, 2.24) is 20.2 Å². The molecule has 1 aromatic rings. The predicted octanol–water partition coefficient (Wildman–Crippen LogP) is 1.25. The maximum Gasteiger partial charge on any atom is 0.0946 e. The summed E-state index contributed by atoms with van der Waals surface area (Å²) in [6, 6.07) is 1.09. The Bertz CT molecular complexity index is 320. The normalized spacial score (nSPS) is 22.9. The van der Waals surface area contributed by atoms with Gasteiger partial charge < -0.3 is 15.2 Å². The van der Waals surface area contributed by atoms with E-state index in [0.29, 0.717) is 12.1 Å². The van der Waals surface area contributed by atoms with Crippen LogP contribution in [0.2, 0.25) is 0 Å². The molecule has 0 amide bonds. The third kappa shape index (κ3) is 3.54. The van der Waals surface area contributed by atoms with Gasteiger partial charge in [0.1, 0.15) is 0 Å². The van der Waals surface area contributed by atoms with Crippen molar-refractivity contribution < 1.29 is 0 Å². The standard InChI is InChI=1S/C13H24N4/c1-13(2,3)12(9-17-7-6-15-10-17)16-11-4-5-14-8-11/h6-7,10-12,14,16H,4-5,8-9H2,1-3H3. The highest BCUT2D eigenvalue weighted by Crippen LogP contribution is 2.22. The van der Waals surface area contributed by atoms with Gasteiger partial charge in [0.05, 0.1) is 6.33 Å². The van der Waals surface area contributed by atoms with E-state index in [9.17, 15) is 0 Å². The van der Waals surface area contributed by atoms with Crippen LogP contribution in [0, 0.1) is 5.41 Å². The number of nitrogens with zero attached hydrogens (tertiary/aromatic N) is 2. The van der Waals surface area contributed by atoms with Crippen LogP contribution >= 0.6 is 0 Å². The maximum absolute atomic E-state index is 4.11. The summed E-state index contributed by atoms with van der Waals surface area (Å²) in [5.74, 6) is 0. The lowest BCUT2D eigenvalue weighted by Crippen LogP contribution is -2.48. The van der Waals surface area contributed by atoms with E-state index in [1.807, 2.05) is 18.7 Å². The second kappa shape index (κ2) is 5.19. The van der Waals surface area contributed by atoms with Crippen LogP contribution in [-0.4, -0.2) is 34.7 Å². The summed E-state index contributed by atoms with van der Waals surface area (Å²) < 4.78 is 2.16. The number of hydrogen-bond donors (Lipinski definition) is 2. The van der Waals surface area contributed by atoms with Gasteiger partial charge in [0.2, 0.25) is 0 Å². The van der Waals surface area contributed by atoms with Crippen molar-refractivity contribution in [3.8, 4) is 0 Å². The van der Waals surface area contributed by atoms with Crippen molar-refractivity contribution in [2.45, 2.75) is 45.8 Å². The molecule has 2 atom stereocenters. The van der Waals surface area contributed by atoms with Gasteiger partial charge in [-0.25, -0.2) is 4.98 Å². The molecule has 1 aliphatic rings. The summed E-state index contributed by atoms with van der Waals surface area (Å²) in [5, 5.41) is 7.19. The van der Waals surface area contributed by atoms with Crippen LogP contribution in [0.3, 0.4) is 0 Å². The van der Waals surface area contributed by atoms with E-state index in [-0.39, 0.29) is 5.41 Å². The van der Waals surface area contributed by atoms with Crippen LogP contribution in [-0.2, 0) is 6.54 Å². The minimum Gasteiger partial charge on any atom is -0.336 e. The molecule has 1 saturated heterocycles. The third-order valence-electron chi connectivity index (χ3n) is 3.50. The fourth-order valence-corrected chi connectivity index (χ4v) is 2.26. The molecule has 4 nitrogen and oxygen atoms in total. The molecule has 1 aliphatic heterocycles. The van der Waals surface area contributed by atoms with Gasteiger partial charge in [0.25, 0.3) is 0 Å². The Labute approximate surface area is 104 Å². The average Bonchev–Trinajstić information content (AvgIpc) is 2.87. The number of aromatic nitrogens is 2. The van der Waals surface area contributed by atoms with Crippen molar-refractivity contribution in [2.75, 3.05) is 13.1 Å². The topological polar surface area (TPSA) is 41.9 Å². The number of nitrogens with one attached hydrogen (secondary N) is 2. The van der Waals surface area contributed by atoms with Crippen molar-refractivity contribution in [3.05, 3.63) is 18.7 Å². The lowest BCUT2D eigenvalue weighted by Gasteiger charge is -2.34. The van der Waals surface area contributed by atoms with E-state index >= 15 is 0 Å².